The molecule has 66 valence electrons. The molecule has 1 aliphatic rings. The minimum atomic E-state index is 0.144. The fraction of sp³-hybridized carbons (Fsp3) is 0.600. The molecule has 12 heavy (non-hydrogen) atoms. The van der Waals surface area contributed by atoms with Crippen molar-refractivity contribution in [3.05, 3.63) is 23.7 Å². The molecular formula is C10H15NO. The first-order valence-electron chi connectivity index (χ1n) is 4.64. The molecule has 1 atom stereocenters. The van der Waals surface area contributed by atoms with Gasteiger partial charge in [0.25, 0.3) is 0 Å². The van der Waals surface area contributed by atoms with E-state index in [1.807, 2.05) is 6.26 Å². The molecular weight excluding hydrogens is 150 g/mol. The summed E-state index contributed by atoms with van der Waals surface area (Å²) in [6.07, 6.45) is 5.38. The van der Waals surface area contributed by atoms with Crippen LogP contribution in [-0.4, -0.2) is 0 Å². The zero-order valence-corrected chi connectivity index (χ0v) is 7.42. The Labute approximate surface area is 72.7 Å². The van der Waals surface area contributed by atoms with Gasteiger partial charge in [0.05, 0.1) is 12.3 Å². The molecule has 2 heteroatoms. The van der Waals surface area contributed by atoms with E-state index >= 15 is 0 Å². The number of furan rings is 1. The van der Waals surface area contributed by atoms with Crippen molar-refractivity contribution in [1.29, 1.82) is 0 Å². The topological polar surface area (TPSA) is 39.2 Å². The maximum Gasteiger partial charge on any atom is 0.121 e. The molecule has 0 aliphatic heterocycles. The van der Waals surface area contributed by atoms with Crippen molar-refractivity contribution in [1.82, 2.24) is 0 Å². The molecule has 1 aromatic rings. The molecule has 1 heterocycles. The summed E-state index contributed by atoms with van der Waals surface area (Å²) in [6.45, 7) is 2.12. The van der Waals surface area contributed by atoms with Crippen LogP contribution < -0.4 is 5.73 Å². The third-order valence-electron chi connectivity index (χ3n) is 2.54. The Morgan fingerprint density at radius 3 is 2.92 bits per heavy atom. The van der Waals surface area contributed by atoms with E-state index in [-0.39, 0.29) is 6.04 Å². The van der Waals surface area contributed by atoms with E-state index in [0.717, 1.165) is 12.2 Å². The summed E-state index contributed by atoms with van der Waals surface area (Å²) < 4.78 is 5.39. The highest BCUT2D eigenvalue weighted by Gasteiger charge is 2.31. The van der Waals surface area contributed by atoms with Gasteiger partial charge >= 0.3 is 0 Å². The lowest BCUT2D eigenvalue weighted by atomic mass is 10.1. The third kappa shape index (κ3) is 1.39. The zero-order valence-electron chi connectivity index (χ0n) is 7.42. The molecule has 1 saturated carbocycles. The summed E-state index contributed by atoms with van der Waals surface area (Å²) >= 11 is 0. The van der Waals surface area contributed by atoms with E-state index in [9.17, 15) is 0 Å². The van der Waals surface area contributed by atoms with Crippen molar-refractivity contribution in [3.63, 3.8) is 0 Å². The van der Waals surface area contributed by atoms with Crippen molar-refractivity contribution in [2.24, 2.45) is 11.7 Å². The lowest BCUT2D eigenvalue weighted by Gasteiger charge is -2.04. The molecule has 2 rings (SSSR count). The van der Waals surface area contributed by atoms with E-state index in [2.05, 4.69) is 13.0 Å². The van der Waals surface area contributed by atoms with Crippen LogP contribution in [0, 0.1) is 5.92 Å². The molecule has 0 unspecified atom stereocenters. The molecule has 0 amide bonds. The van der Waals surface area contributed by atoms with Gasteiger partial charge in [0.2, 0.25) is 0 Å². The van der Waals surface area contributed by atoms with E-state index in [1.54, 1.807) is 0 Å². The molecule has 1 aliphatic carbocycles. The van der Waals surface area contributed by atoms with Crippen LogP contribution in [0.2, 0.25) is 0 Å². The van der Waals surface area contributed by atoms with Crippen LogP contribution in [0.1, 0.15) is 37.1 Å². The van der Waals surface area contributed by atoms with Crippen LogP contribution in [0.5, 0.6) is 0 Å². The van der Waals surface area contributed by atoms with Crippen molar-refractivity contribution in [2.75, 3.05) is 0 Å². The van der Waals surface area contributed by atoms with Crippen LogP contribution in [0.25, 0.3) is 0 Å². The highest BCUT2D eigenvalue weighted by atomic mass is 16.3. The van der Waals surface area contributed by atoms with Crippen molar-refractivity contribution >= 4 is 0 Å². The Bertz CT molecular complexity index is 263. The highest BCUT2D eigenvalue weighted by molar-refractivity contribution is 5.16. The van der Waals surface area contributed by atoms with Crippen molar-refractivity contribution in [3.8, 4) is 0 Å². The molecule has 0 radical (unpaired) electrons. The number of hydrogen-bond acceptors (Lipinski definition) is 2. The lowest BCUT2D eigenvalue weighted by Crippen LogP contribution is -2.10. The van der Waals surface area contributed by atoms with E-state index < -0.39 is 0 Å². The van der Waals surface area contributed by atoms with E-state index in [0.29, 0.717) is 5.92 Å². The Balaban J connectivity index is 2.10. The summed E-state index contributed by atoms with van der Waals surface area (Å²) in [6, 6.07) is 2.23. The molecule has 0 saturated heterocycles. The average molecular weight is 165 g/mol. The molecule has 0 aromatic carbocycles. The summed E-state index contributed by atoms with van der Waals surface area (Å²) in [4.78, 5) is 0. The predicted octanol–water partition coefficient (Wildman–Crippen LogP) is 2.25. The smallest absolute Gasteiger partial charge is 0.121 e. The molecule has 2 N–H and O–H groups in total. The van der Waals surface area contributed by atoms with Crippen molar-refractivity contribution < 1.29 is 4.42 Å². The number of aryl methyl sites for hydroxylation is 1. The Morgan fingerprint density at radius 2 is 2.42 bits per heavy atom. The van der Waals surface area contributed by atoms with Crippen LogP contribution >= 0.6 is 0 Å². The van der Waals surface area contributed by atoms with E-state index in [4.69, 9.17) is 10.2 Å². The number of rotatable bonds is 3. The first-order chi connectivity index (χ1) is 5.81. The summed E-state index contributed by atoms with van der Waals surface area (Å²) in [5.41, 5.74) is 7.23. The minimum absolute atomic E-state index is 0.144. The van der Waals surface area contributed by atoms with Gasteiger partial charge in [-0.05, 0) is 36.8 Å². The Morgan fingerprint density at radius 1 is 1.67 bits per heavy atom. The standard InChI is InChI=1S/C10H15NO/c1-2-7-5-9(12-6-7)10(11)8-3-4-8/h5-6,8,10H,2-4,11H2,1H3/t10-/m1/s1. The quantitative estimate of drug-likeness (QED) is 0.746. The second kappa shape index (κ2) is 2.94. The van der Waals surface area contributed by atoms with Crippen LogP contribution in [0.3, 0.4) is 0 Å². The van der Waals surface area contributed by atoms with Gasteiger partial charge in [-0.1, -0.05) is 6.92 Å². The lowest BCUT2D eigenvalue weighted by molar-refractivity contribution is 0.442. The van der Waals surface area contributed by atoms with Gasteiger partial charge in [-0.25, -0.2) is 0 Å². The normalized spacial score (nSPS) is 19.5. The molecule has 1 aromatic heterocycles. The first kappa shape index (κ1) is 7.87. The maximum atomic E-state index is 5.97. The maximum absolute atomic E-state index is 5.97. The fourth-order valence-electron chi connectivity index (χ4n) is 1.44. The molecule has 2 nitrogen and oxygen atoms in total. The van der Waals surface area contributed by atoms with Gasteiger partial charge in [0.15, 0.2) is 0 Å². The predicted molar refractivity (Wildman–Crippen MR) is 47.7 cm³/mol. The van der Waals surface area contributed by atoms with Crippen molar-refractivity contribution in [2.45, 2.75) is 32.2 Å². The van der Waals surface area contributed by atoms with Gasteiger partial charge < -0.3 is 10.2 Å². The van der Waals surface area contributed by atoms with Gasteiger partial charge in [-0.2, -0.15) is 0 Å². The molecule has 1 fully saturated rings. The van der Waals surface area contributed by atoms with Gasteiger partial charge in [0.1, 0.15) is 5.76 Å². The fourth-order valence-corrected chi connectivity index (χ4v) is 1.44. The summed E-state index contributed by atoms with van der Waals surface area (Å²) in [5, 5.41) is 0. The summed E-state index contributed by atoms with van der Waals surface area (Å²) in [5.74, 6) is 1.65. The van der Waals surface area contributed by atoms with E-state index in [1.165, 1.54) is 18.4 Å². The minimum Gasteiger partial charge on any atom is -0.467 e. The van der Waals surface area contributed by atoms with Crippen LogP contribution in [0.15, 0.2) is 16.7 Å². The molecule has 0 bridgehead atoms. The summed E-state index contributed by atoms with van der Waals surface area (Å²) in [7, 11) is 0. The van der Waals surface area contributed by atoms with Crippen LogP contribution in [-0.2, 0) is 6.42 Å². The second-order valence-electron chi connectivity index (χ2n) is 3.57. The molecule has 0 spiro atoms. The Kier molecular flexibility index (Phi) is 1.93. The van der Waals surface area contributed by atoms with Gasteiger partial charge in [-0.3, -0.25) is 0 Å². The SMILES string of the molecule is CCc1coc([C@H](N)C2CC2)c1. The van der Waals surface area contributed by atoms with Crippen LogP contribution in [0.4, 0.5) is 0 Å². The number of nitrogens with two attached hydrogens (primary N) is 1. The first-order valence-corrected chi connectivity index (χ1v) is 4.64. The zero-order chi connectivity index (χ0) is 8.55. The average Bonchev–Trinajstić information content (AvgIpc) is 2.82. The highest BCUT2D eigenvalue weighted by Crippen LogP contribution is 2.39. The van der Waals surface area contributed by atoms with Gasteiger partial charge in [-0.15, -0.1) is 0 Å². The Hall–Kier alpha value is -0.760. The van der Waals surface area contributed by atoms with Gasteiger partial charge in [0, 0.05) is 0 Å². The largest absolute Gasteiger partial charge is 0.467 e. The third-order valence-corrected chi connectivity index (χ3v) is 2.54. The second-order valence-corrected chi connectivity index (χ2v) is 3.57. The monoisotopic (exact) mass is 165 g/mol. The number of hydrogen-bond donors (Lipinski definition) is 1.